The molecule has 0 saturated carbocycles. The van der Waals surface area contributed by atoms with Crippen molar-refractivity contribution in [1.29, 1.82) is 0 Å². The second-order valence-corrected chi connectivity index (χ2v) is 9.42. The number of nitrogens with zero attached hydrogens (tertiary/aromatic N) is 3. The predicted molar refractivity (Wildman–Crippen MR) is 115 cm³/mol. The molecule has 1 amide bonds. The van der Waals surface area contributed by atoms with Crippen LogP contribution in [0.4, 0.5) is 5.69 Å². The predicted octanol–water partition coefficient (Wildman–Crippen LogP) is 3.49. The monoisotopic (exact) mass is 444 g/mol. The van der Waals surface area contributed by atoms with Gasteiger partial charge in [0.15, 0.2) is 0 Å². The molecule has 1 aliphatic heterocycles. The molecule has 0 radical (unpaired) electrons. The molecule has 1 fully saturated rings. The van der Waals surface area contributed by atoms with Gasteiger partial charge in [-0.25, -0.2) is 13.1 Å². The zero-order valence-corrected chi connectivity index (χ0v) is 17.7. The fourth-order valence-corrected chi connectivity index (χ4v) is 5.43. The van der Waals surface area contributed by atoms with Gasteiger partial charge in [0.05, 0.1) is 23.3 Å². The molecule has 1 aromatic heterocycles. The Morgan fingerprint density at radius 1 is 1.10 bits per heavy atom. The number of hydrogen-bond acceptors (Lipinski definition) is 4. The Morgan fingerprint density at radius 3 is 2.57 bits per heavy atom. The van der Waals surface area contributed by atoms with Crippen LogP contribution in [0.3, 0.4) is 0 Å². The van der Waals surface area contributed by atoms with Gasteiger partial charge in [0.2, 0.25) is 15.9 Å². The lowest BCUT2D eigenvalue weighted by molar-refractivity contribution is -0.115. The van der Waals surface area contributed by atoms with Gasteiger partial charge in [0.1, 0.15) is 4.90 Å². The van der Waals surface area contributed by atoms with Gasteiger partial charge in [-0.1, -0.05) is 29.8 Å². The molecular formula is C21H21ClN4O3S. The summed E-state index contributed by atoms with van der Waals surface area (Å²) in [6.45, 7) is 0.974. The average molecular weight is 445 g/mol. The van der Waals surface area contributed by atoms with E-state index in [2.05, 4.69) is 10.4 Å². The molecule has 2 aromatic carbocycles. The molecule has 9 heteroatoms. The van der Waals surface area contributed by atoms with Crippen LogP contribution in [0.15, 0.2) is 65.8 Å². The smallest absolute Gasteiger partial charge is 0.244 e. The van der Waals surface area contributed by atoms with Crippen molar-refractivity contribution in [2.45, 2.75) is 24.2 Å². The Bertz CT molecular complexity index is 1160. The zero-order valence-electron chi connectivity index (χ0n) is 16.2. The molecule has 1 N–H and O–H groups in total. The molecule has 0 atom stereocenters. The zero-order chi connectivity index (χ0) is 21.1. The minimum absolute atomic E-state index is 0.0146. The van der Waals surface area contributed by atoms with Crippen molar-refractivity contribution in [3.8, 4) is 5.69 Å². The molecule has 0 aliphatic carbocycles. The average Bonchev–Trinajstić information content (AvgIpc) is 3.42. The number of para-hydroxylation sites is 1. The Labute approximate surface area is 180 Å². The van der Waals surface area contributed by atoms with Crippen LogP contribution in [0.2, 0.25) is 5.02 Å². The Hall–Kier alpha value is -2.68. The minimum atomic E-state index is -3.68. The summed E-state index contributed by atoms with van der Waals surface area (Å²) in [6, 6.07) is 14.1. The lowest BCUT2D eigenvalue weighted by atomic mass is 10.2. The van der Waals surface area contributed by atoms with E-state index in [0.29, 0.717) is 18.8 Å². The highest BCUT2D eigenvalue weighted by atomic mass is 35.5. The number of sulfonamides is 1. The van der Waals surface area contributed by atoms with Gasteiger partial charge in [0, 0.05) is 25.0 Å². The lowest BCUT2D eigenvalue weighted by Gasteiger charge is -2.17. The first-order valence-corrected chi connectivity index (χ1v) is 11.4. The molecule has 4 rings (SSSR count). The molecule has 30 heavy (non-hydrogen) atoms. The SMILES string of the molecule is O=C(Cc1cnn(-c2ccccc2)c1)Nc1ccc(Cl)c(S(=O)(=O)N2CCCC2)c1. The van der Waals surface area contributed by atoms with Gasteiger partial charge in [-0.3, -0.25) is 4.79 Å². The number of aromatic nitrogens is 2. The lowest BCUT2D eigenvalue weighted by Crippen LogP contribution is -2.28. The number of halogens is 1. The van der Waals surface area contributed by atoms with Crippen molar-refractivity contribution in [2.24, 2.45) is 0 Å². The van der Waals surface area contributed by atoms with E-state index in [4.69, 9.17) is 11.6 Å². The second kappa shape index (κ2) is 8.59. The summed E-state index contributed by atoms with van der Waals surface area (Å²) in [5.74, 6) is -0.269. The summed E-state index contributed by atoms with van der Waals surface area (Å²) < 4.78 is 28.8. The Morgan fingerprint density at radius 2 is 1.83 bits per heavy atom. The third-order valence-electron chi connectivity index (χ3n) is 4.92. The molecule has 7 nitrogen and oxygen atoms in total. The Kier molecular flexibility index (Phi) is 5.90. The van der Waals surface area contributed by atoms with Crippen molar-refractivity contribution in [1.82, 2.24) is 14.1 Å². The summed E-state index contributed by atoms with van der Waals surface area (Å²) in [4.78, 5) is 12.5. The van der Waals surface area contributed by atoms with Gasteiger partial charge < -0.3 is 5.32 Å². The molecular weight excluding hydrogens is 424 g/mol. The maximum absolute atomic E-state index is 12.8. The summed E-state index contributed by atoms with van der Waals surface area (Å²) in [6.07, 6.45) is 5.22. The summed E-state index contributed by atoms with van der Waals surface area (Å²) in [5, 5.41) is 7.18. The maximum Gasteiger partial charge on any atom is 0.244 e. The highest BCUT2D eigenvalue weighted by molar-refractivity contribution is 7.89. The molecule has 3 aromatic rings. The van der Waals surface area contributed by atoms with E-state index in [1.165, 1.54) is 16.4 Å². The number of amides is 1. The standard InChI is InChI=1S/C21H21ClN4O3S/c22-19-9-8-17(13-20(19)30(28,29)25-10-4-5-11-25)24-21(27)12-16-14-23-26(15-16)18-6-2-1-3-7-18/h1-3,6-9,13-15H,4-5,10-12H2,(H,24,27). The fourth-order valence-electron chi connectivity index (χ4n) is 3.41. The first kappa shape index (κ1) is 20.6. The number of carbonyl (C=O) groups excluding carboxylic acids is 1. The summed E-state index contributed by atoms with van der Waals surface area (Å²) in [5.41, 5.74) is 2.03. The topological polar surface area (TPSA) is 84.3 Å². The van der Waals surface area contributed by atoms with Crippen LogP contribution in [0.1, 0.15) is 18.4 Å². The molecule has 1 saturated heterocycles. The first-order chi connectivity index (χ1) is 14.4. The van der Waals surface area contributed by atoms with Crippen LogP contribution in [0.25, 0.3) is 5.69 Å². The molecule has 2 heterocycles. The van der Waals surface area contributed by atoms with E-state index in [-0.39, 0.29) is 22.2 Å². The van der Waals surface area contributed by atoms with Gasteiger partial charge in [0.25, 0.3) is 0 Å². The molecule has 0 unspecified atom stereocenters. The van der Waals surface area contributed by atoms with E-state index in [1.54, 1.807) is 23.1 Å². The third kappa shape index (κ3) is 4.40. The largest absolute Gasteiger partial charge is 0.326 e. The molecule has 1 aliphatic rings. The number of benzene rings is 2. The van der Waals surface area contributed by atoms with Crippen molar-refractivity contribution in [2.75, 3.05) is 18.4 Å². The number of carbonyl (C=O) groups is 1. The van der Waals surface area contributed by atoms with Crippen LogP contribution in [0, 0.1) is 0 Å². The highest BCUT2D eigenvalue weighted by Crippen LogP contribution is 2.29. The van der Waals surface area contributed by atoms with E-state index in [9.17, 15) is 13.2 Å². The van der Waals surface area contributed by atoms with E-state index in [1.807, 2.05) is 30.3 Å². The van der Waals surface area contributed by atoms with E-state index < -0.39 is 10.0 Å². The van der Waals surface area contributed by atoms with Crippen molar-refractivity contribution >= 4 is 33.2 Å². The molecule has 156 valence electrons. The summed E-state index contributed by atoms with van der Waals surface area (Å²) in [7, 11) is -3.68. The van der Waals surface area contributed by atoms with Crippen molar-refractivity contribution in [3.63, 3.8) is 0 Å². The second-order valence-electron chi connectivity index (χ2n) is 7.11. The fraction of sp³-hybridized carbons (Fsp3) is 0.238. The number of anilines is 1. The number of rotatable bonds is 6. The van der Waals surface area contributed by atoms with Crippen LogP contribution in [-0.2, 0) is 21.2 Å². The van der Waals surface area contributed by atoms with Crippen molar-refractivity contribution < 1.29 is 13.2 Å². The molecule has 0 bridgehead atoms. The van der Waals surface area contributed by atoms with Gasteiger partial charge in [-0.2, -0.15) is 9.40 Å². The third-order valence-corrected chi connectivity index (χ3v) is 7.30. The van der Waals surface area contributed by atoms with Crippen molar-refractivity contribution in [3.05, 3.63) is 71.5 Å². The van der Waals surface area contributed by atoms with Crippen LogP contribution >= 0.6 is 11.6 Å². The quantitative estimate of drug-likeness (QED) is 0.630. The highest BCUT2D eigenvalue weighted by Gasteiger charge is 2.29. The Balaban J connectivity index is 1.47. The normalized spacial score (nSPS) is 14.7. The number of nitrogens with one attached hydrogen (secondary N) is 1. The summed E-state index contributed by atoms with van der Waals surface area (Å²) >= 11 is 6.16. The molecule has 0 spiro atoms. The van der Waals surface area contributed by atoms with E-state index in [0.717, 1.165) is 24.1 Å². The van der Waals surface area contributed by atoms with E-state index >= 15 is 0 Å². The minimum Gasteiger partial charge on any atom is -0.326 e. The van der Waals surface area contributed by atoms with Gasteiger partial charge in [-0.15, -0.1) is 0 Å². The van der Waals surface area contributed by atoms with Crippen LogP contribution < -0.4 is 5.32 Å². The first-order valence-electron chi connectivity index (χ1n) is 9.62. The van der Waals surface area contributed by atoms with Gasteiger partial charge in [-0.05, 0) is 48.7 Å². The number of hydrogen-bond donors (Lipinski definition) is 1. The maximum atomic E-state index is 12.8. The van der Waals surface area contributed by atoms with Gasteiger partial charge >= 0.3 is 0 Å². The van der Waals surface area contributed by atoms with Crippen LogP contribution in [-0.4, -0.2) is 41.5 Å². The van der Waals surface area contributed by atoms with Crippen LogP contribution in [0.5, 0.6) is 0 Å².